The van der Waals surface area contributed by atoms with Crippen molar-refractivity contribution in [3.8, 4) is 5.75 Å². The lowest BCUT2D eigenvalue weighted by Crippen LogP contribution is -2.42. The highest BCUT2D eigenvalue weighted by molar-refractivity contribution is 6.28. The van der Waals surface area contributed by atoms with Crippen LogP contribution in [0.15, 0.2) is 82.1 Å². The van der Waals surface area contributed by atoms with E-state index in [0.717, 1.165) is 21.8 Å². The van der Waals surface area contributed by atoms with E-state index >= 15 is 0 Å². The molecule has 0 unspecified atom stereocenters. The Bertz CT molecular complexity index is 1410. The molecule has 3 aromatic carbocycles. The number of carbonyl (C=O) groups excluding carboxylic acids is 1. The molecule has 4 aromatic rings. The van der Waals surface area contributed by atoms with Crippen molar-refractivity contribution in [3.05, 3.63) is 88.9 Å². The minimum Gasteiger partial charge on any atom is -0.479 e. The van der Waals surface area contributed by atoms with Gasteiger partial charge in [-0.2, -0.15) is 0 Å². The van der Waals surface area contributed by atoms with Gasteiger partial charge in [-0.3, -0.25) is 4.79 Å². The molecule has 0 saturated carbocycles. The first-order valence-corrected chi connectivity index (χ1v) is 9.69. The molecular weight excluding hydrogens is 378 g/mol. The van der Waals surface area contributed by atoms with Gasteiger partial charge in [-0.25, -0.2) is 4.79 Å². The van der Waals surface area contributed by atoms with Gasteiger partial charge in [-0.1, -0.05) is 30.3 Å². The van der Waals surface area contributed by atoms with E-state index in [-0.39, 0.29) is 5.78 Å². The maximum Gasteiger partial charge on any atom is 0.336 e. The highest BCUT2D eigenvalue weighted by Crippen LogP contribution is 2.41. The fraction of sp³-hybridized carbons (Fsp3) is 0.120. The average molecular weight is 397 g/mol. The highest BCUT2D eigenvalue weighted by atomic mass is 16.5. The van der Waals surface area contributed by atoms with Gasteiger partial charge < -0.3 is 14.5 Å². The van der Waals surface area contributed by atoms with Crippen molar-refractivity contribution >= 4 is 38.8 Å². The Morgan fingerprint density at radius 1 is 0.867 bits per heavy atom. The normalized spacial score (nSPS) is 16.5. The van der Waals surface area contributed by atoms with E-state index in [1.54, 1.807) is 32.2 Å². The molecule has 0 atom stereocenters. The Balaban J connectivity index is 1.67. The number of hydrogen-bond acceptors (Lipinski definition) is 5. The molecular formula is C25H19NO4. The first kappa shape index (κ1) is 18.2. The van der Waals surface area contributed by atoms with E-state index in [9.17, 15) is 9.59 Å². The average Bonchev–Trinajstić information content (AvgIpc) is 2.73. The largest absolute Gasteiger partial charge is 0.479 e. The van der Waals surface area contributed by atoms with Crippen molar-refractivity contribution in [2.24, 2.45) is 0 Å². The van der Waals surface area contributed by atoms with Gasteiger partial charge in [0, 0.05) is 23.3 Å². The Labute approximate surface area is 172 Å². The summed E-state index contributed by atoms with van der Waals surface area (Å²) < 4.78 is 11.4. The second kappa shape index (κ2) is 6.59. The number of fused-ring (bicyclic) bond motifs is 4. The second-order valence-corrected chi connectivity index (χ2v) is 7.82. The Morgan fingerprint density at radius 3 is 2.43 bits per heavy atom. The lowest BCUT2D eigenvalue weighted by molar-refractivity contribution is -0.126. The van der Waals surface area contributed by atoms with Crippen LogP contribution in [0.4, 0.5) is 5.69 Å². The summed E-state index contributed by atoms with van der Waals surface area (Å²) in [5.74, 6) is 0.315. The van der Waals surface area contributed by atoms with Crippen molar-refractivity contribution in [1.82, 2.24) is 0 Å². The molecule has 0 fully saturated rings. The molecule has 1 N–H and O–H groups in total. The van der Waals surface area contributed by atoms with E-state index in [4.69, 9.17) is 9.15 Å². The van der Waals surface area contributed by atoms with E-state index in [0.29, 0.717) is 22.5 Å². The van der Waals surface area contributed by atoms with Gasteiger partial charge >= 0.3 is 5.63 Å². The van der Waals surface area contributed by atoms with Gasteiger partial charge in [-0.05, 0) is 55.0 Å². The van der Waals surface area contributed by atoms with Crippen LogP contribution >= 0.6 is 0 Å². The lowest BCUT2D eigenvalue weighted by atomic mass is 9.87. The van der Waals surface area contributed by atoms with E-state index in [1.165, 1.54) is 6.07 Å². The first-order valence-electron chi connectivity index (χ1n) is 9.69. The molecule has 30 heavy (non-hydrogen) atoms. The van der Waals surface area contributed by atoms with Crippen LogP contribution in [-0.2, 0) is 4.79 Å². The summed E-state index contributed by atoms with van der Waals surface area (Å²) >= 11 is 0. The summed E-state index contributed by atoms with van der Waals surface area (Å²) in [7, 11) is 0. The van der Waals surface area contributed by atoms with E-state index in [1.807, 2.05) is 48.5 Å². The Morgan fingerprint density at radius 2 is 1.60 bits per heavy atom. The predicted octanol–water partition coefficient (Wildman–Crippen LogP) is 5.14. The summed E-state index contributed by atoms with van der Waals surface area (Å²) in [4.78, 5) is 25.1. The van der Waals surface area contributed by atoms with Crippen molar-refractivity contribution in [2.45, 2.75) is 19.4 Å². The smallest absolute Gasteiger partial charge is 0.336 e. The van der Waals surface area contributed by atoms with Gasteiger partial charge in [0.05, 0.1) is 11.1 Å². The minimum atomic E-state index is -1.04. The predicted molar refractivity (Wildman–Crippen MR) is 118 cm³/mol. The van der Waals surface area contributed by atoms with Crippen LogP contribution in [0.1, 0.15) is 19.4 Å². The molecule has 5 heteroatoms. The van der Waals surface area contributed by atoms with E-state index < -0.39 is 11.2 Å². The molecule has 0 bridgehead atoms. The molecule has 0 radical (unpaired) electrons. The third-order valence-electron chi connectivity index (χ3n) is 5.31. The molecule has 2 heterocycles. The number of rotatable bonds is 2. The van der Waals surface area contributed by atoms with Gasteiger partial charge in [0.1, 0.15) is 11.3 Å². The monoisotopic (exact) mass is 397 g/mol. The zero-order valence-electron chi connectivity index (χ0n) is 16.6. The Hall–Kier alpha value is -3.86. The van der Waals surface area contributed by atoms with Crippen LogP contribution in [0.5, 0.6) is 5.75 Å². The Kier molecular flexibility index (Phi) is 4.00. The third-order valence-corrected chi connectivity index (χ3v) is 5.31. The standard InChI is InChI=1S/C25H19NO4/c1-25(2)24(28)19(14-26-18-10-7-15-5-3-4-6-17(15)13-18)22-20(30-25)11-8-16-9-12-21(27)29-23(16)22/h3-14,26H,1-2H3. The molecule has 5 nitrogen and oxygen atoms in total. The molecule has 1 aromatic heterocycles. The van der Waals surface area contributed by atoms with Crippen LogP contribution < -0.4 is 15.7 Å². The maximum absolute atomic E-state index is 13.2. The quantitative estimate of drug-likeness (QED) is 0.375. The molecule has 5 rings (SSSR count). The van der Waals surface area contributed by atoms with Crippen molar-refractivity contribution in [1.29, 1.82) is 0 Å². The highest BCUT2D eigenvalue weighted by Gasteiger charge is 2.40. The van der Waals surface area contributed by atoms with Gasteiger partial charge in [0.15, 0.2) is 5.60 Å². The summed E-state index contributed by atoms with van der Waals surface area (Å²) in [5.41, 5.74) is 0.580. The fourth-order valence-corrected chi connectivity index (χ4v) is 3.79. The molecule has 1 aliphatic rings. The number of hydrogen-bond donors (Lipinski definition) is 1. The van der Waals surface area contributed by atoms with Gasteiger partial charge in [0.25, 0.3) is 0 Å². The topological polar surface area (TPSA) is 68.5 Å². The van der Waals surface area contributed by atoms with Crippen molar-refractivity contribution in [3.63, 3.8) is 0 Å². The minimum absolute atomic E-state index is 0.192. The molecule has 148 valence electrons. The van der Waals surface area contributed by atoms with Crippen LogP contribution in [0.25, 0.3) is 27.3 Å². The number of ether oxygens (including phenoxy) is 1. The van der Waals surface area contributed by atoms with E-state index in [2.05, 4.69) is 5.32 Å². The molecule has 0 amide bonds. The van der Waals surface area contributed by atoms with Crippen LogP contribution in [0.2, 0.25) is 0 Å². The summed E-state index contributed by atoms with van der Waals surface area (Å²) in [5, 5.41) is 6.19. The van der Waals surface area contributed by atoms with Crippen molar-refractivity contribution < 1.29 is 13.9 Å². The summed E-state index contributed by atoms with van der Waals surface area (Å²) in [6.07, 6.45) is 1.67. The molecule has 0 aliphatic carbocycles. The maximum atomic E-state index is 13.2. The SMILES string of the molecule is CC1(C)Oc2ccc3ccc(=O)oc3c2C(=CNc2ccc3ccccc3c2)C1=O. The van der Waals surface area contributed by atoms with Crippen LogP contribution in [0, 0.1) is 0 Å². The summed E-state index contributed by atoms with van der Waals surface area (Å²) in [6, 6.07) is 20.7. The number of anilines is 1. The van der Waals surface area contributed by atoms with Gasteiger partial charge in [-0.15, -0.1) is 0 Å². The number of Topliss-reactive ketones (excluding diaryl/α,β-unsaturated/α-hetero) is 1. The second-order valence-electron chi connectivity index (χ2n) is 7.82. The lowest BCUT2D eigenvalue weighted by Gasteiger charge is -2.32. The number of nitrogens with one attached hydrogen (secondary N) is 1. The number of ketones is 1. The molecule has 0 spiro atoms. The van der Waals surface area contributed by atoms with Crippen molar-refractivity contribution in [2.75, 3.05) is 5.32 Å². The summed E-state index contributed by atoms with van der Waals surface area (Å²) in [6.45, 7) is 3.46. The van der Waals surface area contributed by atoms with Gasteiger partial charge in [0.2, 0.25) is 5.78 Å². The van der Waals surface area contributed by atoms with Crippen LogP contribution in [0.3, 0.4) is 0 Å². The number of benzene rings is 3. The molecule has 1 aliphatic heterocycles. The molecule has 0 saturated heterocycles. The zero-order chi connectivity index (χ0) is 20.9. The fourth-order valence-electron chi connectivity index (χ4n) is 3.79. The van der Waals surface area contributed by atoms with Crippen LogP contribution in [-0.4, -0.2) is 11.4 Å². The number of carbonyl (C=O) groups is 1. The third kappa shape index (κ3) is 2.95. The zero-order valence-corrected chi connectivity index (χ0v) is 16.6. The first-order chi connectivity index (χ1) is 14.4.